The number of nitrogens with zero attached hydrogens (tertiary/aromatic N) is 1. The Morgan fingerprint density at radius 1 is 1.03 bits per heavy atom. The Morgan fingerprint density at radius 2 is 1.67 bits per heavy atom. The number of hydrogen-bond donors (Lipinski definition) is 2. The van der Waals surface area contributed by atoms with Gasteiger partial charge in [-0.3, -0.25) is 4.79 Å². The van der Waals surface area contributed by atoms with Gasteiger partial charge in [0.25, 0.3) is 5.91 Å². The van der Waals surface area contributed by atoms with Crippen molar-refractivity contribution in [2.45, 2.75) is 26.8 Å². The summed E-state index contributed by atoms with van der Waals surface area (Å²) in [5, 5.41) is 5.22. The van der Waals surface area contributed by atoms with Crippen LogP contribution in [0, 0.1) is 11.7 Å². The number of ether oxygens (including phenoxy) is 1. The molecule has 2 N–H and O–H groups in total. The molecule has 1 atom stereocenters. The fourth-order valence-corrected chi connectivity index (χ4v) is 2.75. The van der Waals surface area contributed by atoms with Crippen LogP contribution in [-0.4, -0.2) is 37.1 Å². The van der Waals surface area contributed by atoms with E-state index in [4.69, 9.17) is 4.74 Å². The summed E-state index contributed by atoms with van der Waals surface area (Å²) in [5.74, 6) is -1.83. The highest BCUT2D eigenvalue weighted by molar-refractivity contribution is 5.96. The molecule has 0 heterocycles. The molecular formula is C22H26FN3O4. The van der Waals surface area contributed by atoms with Gasteiger partial charge in [-0.05, 0) is 49.2 Å². The number of benzene rings is 2. The Balaban J connectivity index is 1.94. The number of carbonyl (C=O) groups is 3. The molecule has 7 nitrogen and oxygen atoms in total. The predicted molar refractivity (Wildman–Crippen MR) is 113 cm³/mol. The molecule has 0 saturated carbocycles. The Morgan fingerprint density at radius 3 is 2.23 bits per heavy atom. The van der Waals surface area contributed by atoms with Gasteiger partial charge in [-0.15, -0.1) is 0 Å². The van der Waals surface area contributed by atoms with E-state index in [1.54, 1.807) is 45.0 Å². The van der Waals surface area contributed by atoms with Crippen molar-refractivity contribution in [3.8, 4) is 0 Å². The van der Waals surface area contributed by atoms with Crippen molar-refractivity contribution < 1.29 is 23.5 Å². The van der Waals surface area contributed by atoms with Crippen LogP contribution in [0.15, 0.2) is 54.6 Å². The third-order valence-electron chi connectivity index (χ3n) is 4.33. The lowest BCUT2D eigenvalue weighted by atomic mass is 10.1. The summed E-state index contributed by atoms with van der Waals surface area (Å²) in [6, 6.07) is 12.8. The third kappa shape index (κ3) is 6.58. The first kappa shape index (κ1) is 22.9. The van der Waals surface area contributed by atoms with Gasteiger partial charge in [0.15, 0.2) is 6.61 Å². The van der Waals surface area contributed by atoms with Crippen LogP contribution in [0.25, 0.3) is 0 Å². The maximum Gasteiger partial charge on any atom is 0.329 e. The smallest absolute Gasteiger partial charge is 0.329 e. The topological polar surface area (TPSA) is 87.7 Å². The van der Waals surface area contributed by atoms with E-state index < -0.39 is 36.4 Å². The lowest BCUT2D eigenvalue weighted by Gasteiger charge is -2.23. The van der Waals surface area contributed by atoms with E-state index in [-0.39, 0.29) is 5.92 Å². The van der Waals surface area contributed by atoms with Crippen LogP contribution >= 0.6 is 0 Å². The molecule has 0 aromatic heterocycles. The molecule has 0 unspecified atom stereocenters. The second kappa shape index (κ2) is 10.9. The number of rotatable bonds is 8. The third-order valence-corrected chi connectivity index (χ3v) is 4.33. The first-order valence-electron chi connectivity index (χ1n) is 9.67. The van der Waals surface area contributed by atoms with Gasteiger partial charge in [0.1, 0.15) is 11.9 Å². The highest BCUT2D eigenvalue weighted by Crippen LogP contribution is 2.15. The Kier molecular flexibility index (Phi) is 8.34. The molecular weight excluding hydrogens is 389 g/mol. The number of amides is 3. The van der Waals surface area contributed by atoms with Crippen molar-refractivity contribution in [2.24, 2.45) is 5.92 Å². The average molecular weight is 415 g/mol. The van der Waals surface area contributed by atoms with Crippen molar-refractivity contribution in [2.75, 3.05) is 23.4 Å². The molecule has 3 amide bonds. The molecule has 0 aliphatic rings. The van der Waals surface area contributed by atoms with Gasteiger partial charge in [0.05, 0.1) is 0 Å². The molecule has 0 aliphatic carbocycles. The maximum absolute atomic E-state index is 13.1. The Hall–Kier alpha value is -3.42. The number of anilines is 2. The van der Waals surface area contributed by atoms with E-state index in [9.17, 15) is 18.8 Å². The van der Waals surface area contributed by atoms with E-state index in [1.165, 1.54) is 29.2 Å². The van der Waals surface area contributed by atoms with Crippen LogP contribution in [0.5, 0.6) is 0 Å². The van der Waals surface area contributed by atoms with Gasteiger partial charge in [-0.1, -0.05) is 32.0 Å². The first-order chi connectivity index (χ1) is 14.3. The number of halogens is 1. The number of esters is 1. The van der Waals surface area contributed by atoms with Crippen molar-refractivity contribution >= 4 is 29.3 Å². The molecule has 0 fully saturated rings. The van der Waals surface area contributed by atoms with Crippen LogP contribution in [0.3, 0.4) is 0 Å². The summed E-state index contributed by atoms with van der Waals surface area (Å²) >= 11 is 0. The summed E-state index contributed by atoms with van der Waals surface area (Å²) in [6.07, 6.45) is 0. The maximum atomic E-state index is 13.1. The quantitative estimate of drug-likeness (QED) is 0.646. The van der Waals surface area contributed by atoms with Gasteiger partial charge in [0.2, 0.25) is 0 Å². The fraction of sp³-hybridized carbons (Fsp3) is 0.318. The first-order valence-corrected chi connectivity index (χ1v) is 9.67. The van der Waals surface area contributed by atoms with Crippen LogP contribution in [-0.2, 0) is 14.3 Å². The minimum Gasteiger partial charge on any atom is -0.454 e. The molecule has 2 aromatic rings. The van der Waals surface area contributed by atoms with Crippen LogP contribution < -0.4 is 15.5 Å². The zero-order valence-electron chi connectivity index (χ0n) is 17.2. The summed E-state index contributed by atoms with van der Waals surface area (Å²) in [6.45, 7) is 5.11. The summed E-state index contributed by atoms with van der Waals surface area (Å²) < 4.78 is 18.3. The molecule has 8 heteroatoms. The number of nitrogens with one attached hydrogen (secondary N) is 2. The average Bonchev–Trinajstić information content (AvgIpc) is 2.72. The van der Waals surface area contributed by atoms with Crippen LogP contribution in [0.4, 0.5) is 20.6 Å². The molecule has 0 aliphatic heterocycles. The SMILES string of the molecule is CCN(C(=O)COC(=O)[C@H](NC(=O)Nc1ccccc1)C(C)C)c1ccc(F)cc1. The van der Waals surface area contributed by atoms with Gasteiger partial charge >= 0.3 is 12.0 Å². The summed E-state index contributed by atoms with van der Waals surface area (Å²) in [4.78, 5) is 38.5. The minimum absolute atomic E-state index is 0.256. The van der Waals surface area contributed by atoms with E-state index in [1.807, 2.05) is 6.07 Å². The lowest BCUT2D eigenvalue weighted by Crippen LogP contribution is -2.47. The van der Waals surface area contributed by atoms with Gasteiger partial charge in [-0.25, -0.2) is 14.0 Å². The minimum atomic E-state index is -0.928. The Bertz CT molecular complexity index is 856. The highest BCUT2D eigenvalue weighted by Gasteiger charge is 2.27. The molecule has 0 radical (unpaired) electrons. The normalized spacial score (nSPS) is 11.5. The fourth-order valence-electron chi connectivity index (χ4n) is 2.75. The number of urea groups is 1. The highest BCUT2D eigenvalue weighted by atomic mass is 19.1. The van der Waals surface area contributed by atoms with Gasteiger partial charge < -0.3 is 20.3 Å². The zero-order chi connectivity index (χ0) is 22.1. The molecule has 0 bridgehead atoms. The van der Waals surface area contributed by atoms with Crippen LogP contribution in [0.2, 0.25) is 0 Å². The number of hydrogen-bond acceptors (Lipinski definition) is 4. The predicted octanol–water partition coefficient (Wildman–Crippen LogP) is 3.57. The second-order valence-corrected chi connectivity index (χ2v) is 6.91. The largest absolute Gasteiger partial charge is 0.454 e. The van der Waals surface area contributed by atoms with E-state index in [2.05, 4.69) is 10.6 Å². The molecule has 0 spiro atoms. The Labute approximate surface area is 175 Å². The summed E-state index contributed by atoms with van der Waals surface area (Å²) in [5.41, 5.74) is 1.08. The van der Waals surface area contributed by atoms with E-state index in [0.29, 0.717) is 17.9 Å². The second-order valence-electron chi connectivity index (χ2n) is 6.91. The molecule has 2 rings (SSSR count). The molecule has 2 aromatic carbocycles. The standard InChI is InChI=1S/C22H26FN3O4/c1-4-26(18-12-10-16(23)11-13-18)19(27)14-30-21(28)20(15(2)3)25-22(29)24-17-8-6-5-7-9-17/h5-13,15,20H,4,14H2,1-3H3,(H2,24,25,29)/t20-/m1/s1. The van der Waals surface area contributed by atoms with Crippen molar-refractivity contribution in [3.63, 3.8) is 0 Å². The van der Waals surface area contributed by atoms with Gasteiger partial charge in [-0.2, -0.15) is 0 Å². The van der Waals surface area contributed by atoms with E-state index >= 15 is 0 Å². The van der Waals surface area contributed by atoms with Crippen molar-refractivity contribution in [1.82, 2.24) is 5.32 Å². The van der Waals surface area contributed by atoms with Crippen LogP contribution in [0.1, 0.15) is 20.8 Å². The monoisotopic (exact) mass is 415 g/mol. The molecule has 160 valence electrons. The summed E-state index contributed by atoms with van der Waals surface area (Å²) in [7, 11) is 0. The zero-order valence-corrected chi connectivity index (χ0v) is 17.2. The van der Waals surface area contributed by atoms with Crippen molar-refractivity contribution in [3.05, 3.63) is 60.4 Å². The molecule has 0 saturated heterocycles. The number of likely N-dealkylation sites (N-methyl/N-ethyl adjacent to an activating group) is 1. The molecule has 30 heavy (non-hydrogen) atoms. The lowest BCUT2D eigenvalue weighted by molar-refractivity contribution is -0.150. The van der Waals surface area contributed by atoms with Crippen molar-refractivity contribution in [1.29, 1.82) is 0 Å². The number of carbonyl (C=O) groups excluding carboxylic acids is 3. The van der Waals surface area contributed by atoms with Gasteiger partial charge in [0, 0.05) is 17.9 Å². The number of para-hydroxylation sites is 1. The van der Waals surface area contributed by atoms with E-state index in [0.717, 1.165) is 0 Å².